The first-order valence-corrected chi connectivity index (χ1v) is 6.61. The first kappa shape index (κ1) is 12.4. The molecule has 2 heteroatoms. The van der Waals surface area contributed by atoms with Crippen LogP contribution in [0.15, 0.2) is 24.3 Å². The van der Waals surface area contributed by atoms with Crippen LogP contribution in [-0.2, 0) is 0 Å². The number of hydrogen-bond donors (Lipinski definition) is 1. The quantitative estimate of drug-likeness (QED) is 0.867. The summed E-state index contributed by atoms with van der Waals surface area (Å²) in [5.74, 6) is 1.42. The Kier molecular flexibility index (Phi) is 4.06. The van der Waals surface area contributed by atoms with Crippen molar-refractivity contribution in [3.8, 4) is 5.75 Å². The second kappa shape index (κ2) is 5.54. The molecule has 1 saturated carbocycles. The van der Waals surface area contributed by atoms with Crippen molar-refractivity contribution in [2.24, 2.45) is 0 Å². The molecule has 17 heavy (non-hydrogen) atoms. The van der Waals surface area contributed by atoms with Crippen LogP contribution in [0.4, 0.5) is 0 Å². The Hall–Kier alpha value is -1.02. The minimum absolute atomic E-state index is 0.0198. The minimum Gasteiger partial charge on any atom is -0.488 e. The monoisotopic (exact) mass is 234 g/mol. The average Bonchev–Trinajstić information content (AvgIpc) is 2.33. The summed E-state index contributed by atoms with van der Waals surface area (Å²) in [4.78, 5) is 0. The van der Waals surface area contributed by atoms with Crippen LogP contribution in [0.5, 0.6) is 5.75 Å². The normalized spacial score (nSPS) is 24.9. The Bertz CT molecular complexity index is 342. The number of ether oxygens (including phenoxy) is 1. The average molecular weight is 234 g/mol. The summed E-state index contributed by atoms with van der Waals surface area (Å²) in [5, 5.41) is 9.85. The van der Waals surface area contributed by atoms with Gasteiger partial charge in [0.05, 0.1) is 6.10 Å². The third-order valence-corrected chi connectivity index (χ3v) is 3.50. The molecule has 1 aromatic rings. The van der Waals surface area contributed by atoms with Crippen molar-refractivity contribution in [2.45, 2.75) is 57.7 Å². The molecule has 2 unspecified atom stereocenters. The highest BCUT2D eigenvalue weighted by Crippen LogP contribution is 2.25. The summed E-state index contributed by atoms with van der Waals surface area (Å²) in [6.07, 6.45) is 3.79. The highest BCUT2D eigenvalue weighted by molar-refractivity contribution is 5.29. The van der Waals surface area contributed by atoms with Crippen molar-refractivity contribution in [3.63, 3.8) is 0 Å². The van der Waals surface area contributed by atoms with Crippen molar-refractivity contribution in [2.75, 3.05) is 0 Å². The molecule has 0 spiro atoms. The van der Waals surface area contributed by atoms with Crippen LogP contribution in [0.25, 0.3) is 0 Å². The van der Waals surface area contributed by atoms with Crippen LogP contribution < -0.4 is 4.74 Å². The second-order valence-corrected chi connectivity index (χ2v) is 5.23. The maximum Gasteiger partial charge on any atom is 0.124 e. The molecule has 0 aliphatic heterocycles. The molecule has 2 nitrogen and oxygen atoms in total. The van der Waals surface area contributed by atoms with Crippen LogP contribution >= 0.6 is 0 Å². The topological polar surface area (TPSA) is 29.5 Å². The van der Waals surface area contributed by atoms with Gasteiger partial charge in [-0.2, -0.15) is 0 Å². The predicted octanol–water partition coefficient (Wildman–Crippen LogP) is 3.49. The maximum absolute atomic E-state index is 9.85. The lowest BCUT2D eigenvalue weighted by Gasteiger charge is -2.28. The lowest BCUT2D eigenvalue weighted by molar-refractivity contribution is 0.00687. The third-order valence-electron chi connectivity index (χ3n) is 3.50. The standard InChI is InChI=1S/C15H22O2/c1-11(2)12-7-9-13(10-8-12)17-15-6-4-3-5-14(15)16/h7-11,14-16H,3-6H2,1-2H3. The van der Waals surface area contributed by atoms with E-state index in [-0.39, 0.29) is 12.2 Å². The van der Waals surface area contributed by atoms with Crippen LogP contribution in [0.2, 0.25) is 0 Å². The maximum atomic E-state index is 9.85. The van der Waals surface area contributed by atoms with Gasteiger partial charge in [-0.25, -0.2) is 0 Å². The Morgan fingerprint density at radius 3 is 2.35 bits per heavy atom. The van der Waals surface area contributed by atoms with Gasteiger partial charge in [-0.1, -0.05) is 32.4 Å². The van der Waals surface area contributed by atoms with Gasteiger partial charge in [-0.05, 0) is 42.9 Å². The molecule has 94 valence electrons. The van der Waals surface area contributed by atoms with E-state index in [2.05, 4.69) is 26.0 Å². The Morgan fingerprint density at radius 2 is 1.76 bits per heavy atom. The first-order valence-electron chi connectivity index (χ1n) is 6.61. The zero-order valence-corrected chi connectivity index (χ0v) is 10.7. The minimum atomic E-state index is -0.298. The molecule has 1 aliphatic carbocycles. The number of hydrogen-bond acceptors (Lipinski definition) is 2. The van der Waals surface area contributed by atoms with Crippen molar-refractivity contribution in [3.05, 3.63) is 29.8 Å². The molecular formula is C15H22O2. The van der Waals surface area contributed by atoms with E-state index in [0.29, 0.717) is 5.92 Å². The van der Waals surface area contributed by atoms with E-state index in [1.165, 1.54) is 5.56 Å². The Morgan fingerprint density at radius 1 is 1.12 bits per heavy atom. The van der Waals surface area contributed by atoms with Gasteiger partial charge in [-0.15, -0.1) is 0 Å². The first-order chi connectivity index (χ1) is 8.16. The van der Waals surface area contributed by atoms with Crippen molar-refractivity contribution in [1.82, 2.24) is 0 Å². The molecule has 1 aliphatic rings. The van der Waals surface area contributed by atoms with Gasteiger partial charge >= 0.3 is 0 Å². The molecule has 0 aromatic heterocycles. The summed E-state index contributed by atoms with van der Waals surface area (Å²) < 4.78 is 5.85. The highest BCUT2D eigenvalue weighted by atomic mass is 16.5. The Labute approximate surface area is 104 Å². The lowest BCUT2D eigenvalue weighted by Crippen LogP contribution is -2.34. The van der Waals surface area contributed by atoms with E-state index in [9.17, 15) is 5.11 Å². The molecule has 0 amide bonds. The van der Waals surface area contributed by atoms with Crippen LogP contribution in [0.3, 0.4) is 0 Å². The molecular weight excluding hydrogens is 212 g/mol. The zero-order valence-electron chi connectivity index (χ0n) is 10.7. The summed E-state index contributed by atoms with van der Waals surface area (Å²) in [6, 6.07) is 8.23. The van der Waals surface area contributed by atoms with Crippen molar-refractivity contribution < 1.29 is 9.84 Å². The molecule has 2 rings (SSSR count). The van der Waals surface area contributed by atoms with Gasteiger partial charge in [0.1, 0.15) is 11.9 Å². The molecule has 0 heterocycles. The van der Waals surface area contributed by atoms with Crippen LogP contribution in [0.1, 0.15) is 51.0 Å². The smallest absolute Gasteiger partial charge is 0.124 e. The molecule has 1 N–H and O–H groups in total. The number of rotatable bonds is 3. The SMILES string of the molecule is CC(C)c1ccc(OC2CCCCC2O)cc1. The fourth-order valence-electron chi connectivity index (χ4n) is 2.32. The second-order valence-electron chi connectivity index (χ2n) is 5.23. The fraction of sp³-hybridized carbons (Fsp3) is 0.600. The predicted molar refractivity (Wildman–Crippen MR) is 69.4 cm³/mol. The summed E-state index contributed by atoms with van der Waals surface area (Å²) in [7, 11) is 0. The summed E-state index contributed by atoms with van der Waals surface area (Å²) in [6.45, 7) is 4.36. The van der Waals surface area contributed by atoms with E-state index < -0.39 is 0 Å². The molecule has 0 saturated heterocycles. The zero-order chi connectivity index (χ0) is 12.3. The molecule has 0 bridgehead atoms. The van der Waals surface area contributed by atoms with Crippen molar-refractivity contribution >= 4 is 0 Å². The van der Waals surface area contributed by atoms with Gasteiger partial charge < -0.3 is 9.84 Å². The van der Waals surface area contributed by atoms with Gasteiger partial charge in [0, 0.05) is 0 Å². The number of benzene rings is 1. The van der Waals surface area contributed by atoms with E-state index >= 15 is 0 Å². The lowest BCUT2D eigenvalue weighted by atomic mass is 9.95. The Balaban J connectivity index is 1.98. The van der Waals surface area contributed by atoms with E-state index in [4.69, 9.17) is 4.74 Å². The van der Waals surface area contributed by atoms with Crippen LogP contribution in [-0.4, -0.2) is 17.3 Å². The van der Waals surface area contributed by atoms with E-state index in [1.54, 1.807) is 0 Å². The van der Waals surface area contributed by atoms with E-state index in [0.717, 1.165) is 31.4 Å². The van der Waals surface area contributed by atoms with Gasteiger partial charge in [0.15, 0.2) is 0 Å². The summed E-state index contributed by atoms with van der Waals surface area (Å²) >= 11 is 0. The number of aliphatic hydroxyl groups excluding tert-OH is 1. The van der Waals surface area contributed by atoms with Crippen LogP contribution in [0, 0.1) is 0 Å². The van der Waals surface area contributed by atoms with Gasteiger partial charge in [-0.3, -0.25) is 0 Å². The fourth-order valence-corrected chi connectivity index (χ4v) is 2.32. The molecule has 0 radical (unpaired) electrons. The van der Waals surface area contributed by atoms with Gasteiger partial charge in [0.2, 0.25) is 0 Å². The molecule has 1 aromatic carbocycles. The molecule has 1 fully saturated rings. The van der Waals surface area contributed by atoms with Crippen molar-refractivity contribution in [1.29, 1.82) is 0 Å². The van der Waals surface area contributed by atoms with Gasteiger partial charge in [0.25, 0.3) is 0 Å². The third kappa shape index (κ3) is 3.22. The largest absolute Gasteiger partial charge is 0.488 e. The number of aliphatic hydroxyl groups is 1. The highest BCUT2D eigenvalue weighted by Gasteiger charge is 2.24. The van der Waals surface area contributed by atoms with E-state index in [1.807, 2.05) is 12.1 Å². The summed E-state index contributed by atoms with van der Waals surface area (Å²) in [5.41, 5.74) is 1.32. The molecule has 2 atom stereocenters.